The number of rotatable bonds is 4. The van der Waals surface area contributed by atoms with E-state index >= 15 is 0 Å². The van der Waals surface area contributed by atoms with Crippen molar-refractivity contribution < 1.29 is 32.7 Å². The third-order valence-electron chi connectivity index (χ3n) is 7.05. The van der Waals surface area contributed by atoms with E-state index in [-0.39, 0.29) is 55.4 Å². The average Bonchev–Trinajstić information content (AvgIpc) is 3.43. The van der Waals surface area contributed by atoms with Gasteiger partial charge in [-0.3, -0.25) is 25.3 Å². The van der Waals surface area contributed by atoms with Crippen molar-refractivity contribution in [2.24, 2.45) is 0 Å². The molecule has 13 nitrogen and oxygen atoms in total. The lowest BCUT2D eigenvalue weighted by molar-refractivity contribution is -0.139. The Hall–Kier alpha value is -4.08. The normalized spacial score (nSPS) is 30.9. The number of carbonyl (C=O) groups excluding carboxylic acids is 3. The molecule has 16 heteroatoms. The van der Waals surface area contributed by atoms with Crippen LogP contribution in [-0.4, -0.2) is 87.7 Å². The lowest BCUT2D eigenvalue weighted by atomic mass is 9.87. The predicted octanol–water partition coefficient (Wildman–Crippen LogP) is -0.880. The second-order valence-corrected chi connectivity index (χ2v) is 9.28. The van der Waals surface area contributed by atoms with E-state index in [4.69, 9.17) is 10.8 Å². The van der Waals surface area contributed by atoms with Crippen molar-refractivity contribution in [1.82, 2.24) is 31.1 Å². The SMILES string of the molecule is N=C1NC2[C@H](CN3C(=O)CCC3=O)NC(=N)N3C[C@H](NC(=O)Nc4cccc(C(F)(F)F)c4)[C@@H](O)C23N1. The third-order valence-corrected chi connectivity index (χ3v) is 7.05. The Labute approximate surface area is 207 Å². The summed E-state index contributed by atoms with van der Waals surface area (Å²) in [5, 5.41) is 41.5. The summed E-state index contributed by atoms with van der Waals surface area (Å²) in [5.74, 6) is -1.03. The number of amides is 4. The number of halogens is 3. The molecule has 0 bridgehead atoms. The number of likely N-dealkylation sites (tertiary alicyclic amines) is 1. The van der Waals surface area contributed by atoms with Crippen molar-refractivity contribution >= 4 is 35.5 Å². The maximum Gasteiger partial charge on any atom is 0.416 e. The second kappa shape index (κ2) is 8.50. The number of guanidine groups is 2. The topological polar surface area (TPSA) is 186 Å². The lowest BCUT2D eigenvalue weighted by Gasteiger charge is -2.49. The Bertz CT molecular complexity index is 1180. The van der Waals surface area contributed by atoms with Gasteiger partial charge in [0, 0.05) is 25.1 Å². The fraction of sp³-hybridized carbons (Fsp3) is 0.476. The van der Waals surface area contributed by atoms with E-state index in [1.54, 1.807) is 0 Å². The van der Waals surface area contributed by atoms with Gasteiger partial charge < -0.3 is 36.6 Å². The second-order valence-electron chi connectivity index (χ2n) is 9.28. The molecule has 4 amide bonds. The molecule has 4 aliphatic rings. The van der Waals surface area contributed by atoms with Crippen LogP contribution < -0.4 is 26.6 Å². The fourth-order valence-electron chi connectivity index (χ4n) is 5.41. The summed E-state index contributed by atoms with van der Waals surface area (Å²) in [6, 6.07) is 0.680. The highest BCUT2D eigenvalue weighted by atomic mass is 19.4. The van der Waals surface area contributed by atoms with Gasteiger partial charge in [-0.2, -0.15) is 13.2 Å². The number of anilines is 1. The predicted molar refractivity (Wildman–Crippen MR) is 121 cm³/mol. The molecule has 37 heavy (non-hydrogen) atoms. The number of hydrogen-bond acceptors (Lipinski definition) is 6. The van der Waals surface area contributed by atoms with Gasteiger partial charge in [-0.1, -0.05) is 6.07 Å². The van der Waals surface area contributed by atoms with Crippen LogP contribution in [0.2, 0.25) is 0 Å². The number of nitrogens with one attached hydrogen (secondary N) is 7. The minimum absolute atomic E-state index is 0.0736. The Morgan fingerprint density at radius 3 is 2.57 bits per heavy atom. The zero-order valence-corrected chi connectivity index (χ0v) is 19.1. The maximum atomic E-state index is 13.0. The Balaban J connectivity index is 1.34. The van der Waals surface area contributed by atoms with E-state index in [9.17, 15) is 32.7 Å². The molecule has 1 spiro atoms. The standard InChI is InChI=1S/C21H24F3N9O4/c22-21(23,24)9-2-1-3-10(6-9)27-19(37)29-12-8-33-18(26)28-11(7-32-13(34)4-5-14(32)35)15-20(33,16(12)36)31-17(25)30-15/h1-3,6,11-12,15-16,36H,4-5,7-8H2,(H2,26,28)(H3,25,30,31)(H2,27,29,37)/t11-,12-,15?,16+,20?/m0/s1. The van der Waals surface area contributed by atoms with Gasteiger partial charge in [0.15, 0.2) is 17.6 Å². The maximum absolute atomic E-state index is 13.0. The van der Waals surface area contributed by atoms with Gasteiger partial charge in [-0.15, -0.1) is 0 Å². The lowest BCUT2D eigenvalue weighted by Crippen LogP contribution is -2.78. The van der Waals surface area contributed by atoms with E-state index in [1.165, 1.54) is 11.0 Å². The number of aliphatic hydroxyl groups excluding tert-OH is 1. The van der Waals surface area contributed by atoms with Crippen molar-refractivity contribution in [2.45, 2.75) is 48.9 Å². The Morgan fingerprint density at radius 1 is 1.19 bits per heavy atom. The number of alkyl halides is 3. The van der Waals surface area contributed by atoms with Crippen LogP contribution in [0.5, 0.6) is 0 Å². The molecule has 1 aromatic carbocycles. The van der Waals surface area contributed by atoms with Gasteiger partial charge in [0.05, 0.1) is 30.2 Å². The Morgan fingerprint density at radius 2 is 1.89 bits per heavy atom. The molecule has 0 aliphatic carbocycles. The molecule has 5 rings (SSSR count). The zero-order chi connectivity index (χ0) is 26.7. The van der Waals surface area contributed by atoms with Gasteiger partial charge in [0.1, 0.15) is 6.10 Å². The average molecular weight is 523 g/mol. The number of imide groups is 1. The van der Waals surface area contributed by atoms with Gasteiger partial charge in [0.2, 0.25) is 11.8 Å². The van der Waals surface area contributed by atoms with Crippen molar-refractivity contribution in [2.75, 3.05) is 18.4 Å². The molecule has 2 unspecified atom stereocenters. The molecule has 4 fully saturated rings. The van der Waals surface area contributed by atoms with E-state index in [0.717, 1.165) is 23.1 Å². The Kier molecular flexibility index (Phi) is 5.65. The first-order valence-electron chi connectivity index (χ1n) is 11.4. The third kappa shape index (κ3) is 4.06. The number of hydrogen-bond donors (Lipinski definition) is 8. The van der Waals surface area contributed by atoms with Crippen molar-refractivity contribution in [1.29, 1.82) is 10.8 Å². The summed E-state index contributed by atoms with van der Waals surface area (Å²) in [6.45, 7) is -0.168. The van der Waals surface area contributed by atoms with Crippen molar-refractivity contribution in [3.63, 3.8) is 0 Å². The molecule has 5 atom stereocenters. The summed E-state index contributed by atoms with van der Waals surface area (Å²) in [6.07, 6.45) is -5.81. The highest BCUT2D eigenvalue weighted by molar-refractivity contribution is 6.02. The summed E-state index contributed by atoms with van der Waals surface area (Å²) >= 11 is 0. The van der Waals surface area contributed by atoms with Gasteiger partial charge in [-0.25, -0.2) is 4.79 Å². The number of urea groups is 1. The van der Waals surface area contributed by atoms with Crippen molar-refractivity contribution in [3.05, 3.63) is 29.8 Å². The summed E-state index contributed by atoms with van der Waals surface area (Å²) in [4.78, 5) is 39.4. The van der Waals surface area contributed by atoms with Crippen LogP contribution in [0.15, 0.2) is 24.3 Å². The molecular formula is C21H24F3N9O4. The minimum atomic E-state index is -4.59. The first kappa shape index (κ1) is 24.6. The number of aliphatic hydroxyl groups is 1. The molecule has 0 aromatic heterocycles. The highest BCUT2D eigenvalue weighted by Crippen LogP contribution is 2.38. The van der Waals surface area contributed by atoms with Crippen LogP contribution in [0, 0.1) is 10.8 Å². The van der Waals surface area contributed by atoms with E-state index in [2.05, 4.69) is 26.6 Å². The van der Waals surface area contributed by atoms with E-state index in [0.29, 0.717) is 0 Å². The minimum Gasteiger partial charge on any atom is -0.386 e. The van der Waals surface area contributed by atoms with Gasteiger partial charge in [0.25, 0.3) is 0 Å². The van der Waals surface area contributed by atoms with Crippen molar-refractivity contribution in [3.8, 4) is 0 Å². The smallest absolute Gasteiger partial charge is 0.386 e. The van der Waals surface area contributed by atoms with Crippen LogP contribution in [0.3, 0.4) is 0 Å². The number of carbonyl (C=O) groups is 3. The fourth-order valence-corrected chi connectivity index (χ4v) is 5.41. The quantitative estimate of drug-likeness (QED) is 0.234. The van der Waals surface area contributed by atoms with Gasteiger partial charge in [-0.05, 0) is 18.2 Å². The van der Waals surface area contributed by atoms with Crippen LogP contribution in [0.1, 0.15) is 18.4 Å². The molecule has 8 N–H and O–H groups in total. The van der Waals surface area contributed by atoms with Crippen LogP contribution in [-0.2, 0) is 15.8 Å². The summed E-state index contributed by atoms with van der Waals surface area (Å²) < 4.78 is 39.0. The van der Waals surface area contributed by atoms with E-state index < -0.39 is 47.7 Å². The molecule has 4 saturated heterocycles. The number of benzene rings is 1. The van der Waals surface area contributed by atoms with Crippen LogP contribution in [0.25, 0.3) is 0 Å². The molecule has 4 aliphatic heterocycles. The van der Waals surface area contributed by atoms with Crippen LogP contribution >= 0.6 is 0 Å². The monoisotopic (exact) mass is 523 g/mol. The van der Waals surface area contributed by atoms with E-state index in [1.807, 2.05) is 0 Å². The molecule has 4 heterocycles. The van der Waals surface area contributed by atoms with Crippen LogP contribution in [0.4, 0.5) is 23.7 Å². The highest BCUT2D eigenvalue weighted by Gasteiger charge is 2.67. The molecular weight excluding hydrogens is 499 g/mol. The summed E-state index contributed by atoms with van der Waals surface area (Å²) in [5.41, 5.74) is -2.51. The zero-order valence-electron chi connectivity index (χ0n) is 19.1. The van der Waals surface area contributed by atoms with Gasteiger partial charge >= 0.3 is 12.2 Å². The first-order chi connectivity index (χ1) is 17.4. The molecule has 0 radical (unpaired) electrons. The molecule has 0 saturated carbocycles. The molecule has 198 valence electrons. The molecule has 1 aromatic rings. The summed E-state index contributed by atoms with van der Waals surface area (Å²) in [7, 11) is 0. The largest absolute Gasteiger partial charge is 0.416 e. The first-order valence-corrected chi connectivity index (χ1v) is 11.4. The number of nitrogens with zero attached hydrogens (tertiary/aromatic N) is 2.